The van der Waals surface area contributed by atoms with Gasteiger partial charge in [-0.25, -0.2) is 0 Å². The highest BCUT2D eigenvalue weighted by Crippen LogP contribution is 2.15. The van der Waals surface area contributed by atoms with Crippen LogP contribution in [0.3, 0.4) is 0 Å². The topological polar surface area (TPSA) is 47.1 Å². The SMILES string of the molecule is Cc1ccccc1CC(=O)N1CCN(C(C)C(=O)N2CCN(Cc3ccccc3)CC2)CC1. The van der Waals surface area contributed by atoms with E-state index in [-0.39, 0.29) is 17.9 Å². The van der Waals surface area contributed by atoms with Crippen LogP contribution in [0.2, 0.25) is 0 Å². The molecule has 2 aromatic carbocycles. The van der Waals surface area contributed by atoms with E-state index in [1.807, 2.05) is 41.0 Å². The standard InChI is InChI=1S/C27H36N4O2/c1-22-8-6-7-11-25(22)20-26(32)30-18-16-29(17-19-30)23(2)27(33)31-14-12-28(13-15-31)21-24-9-4-3-5-10-24/h3-11,23H,12-21H2,1-2H3. The van der Waals surface area contributed by atoms with Gasteiger partial charge in [-0.1, -0.05) is 54.6 Å². The summed E-state index contributed by atoms with van der Waals surface area (Å²) in [5.74, 6) is 0.395. The highest BCUT2D eigenvalue weighted by molar-refractivity contribution is 5.82. The smallest absolute Gasteiger partial charge is 0.239 e. The number of benzene rings is 2. The van der Waals surface area contributed by atoms with Crippen LogP contribution >= 0.6 is 0 Å². The third-order valence-electron chi connectivity index (χ3n) is 7.11. The Kier molecular flexibility index (Phi) is 7.78. The van der Waals surface area contributed by atoms with Gasteiger partial charge in [-0.15, -0.1) is 0 Å². The summed E-state index contributed by atoms with van der Waals surface area (Å²) in [5, 5.41) is 0. The first-order chi connectivity index (χ1) is 16.0. The fourth-order valence-corrected chi connectivity index (χ4v) is 4.83. The summed E-state index contributed by atoms with van der Waals surface area (Å²) in [6, 6.07) is 18.4. The molecule has 0 spiro atoms. The molecule has 0 aliphatic carbocycles. The monoisotopic (exact) mass is 448 g/mol. The van der Waals surface area contributed by atoms with Crippen LogP contribution in [0, 0.1) is 6.92 Å². The lowest BCUT2D eigenvalue weighted by Gasteiger charge is -2.41. The normalized spacial score (nSPS) is 18.8. The first-order valence-corrected chi connectivity index (χ1v) is 12.1. The molecule has 2 heterocycles. The number of rotatable bonds is 6. The largest absolute Gasteiger partial charge is 0.340 e. The number of nitrogens with zero attached hydrogens (tertiary/aromatic N) is 4. The maximum absolute atomic E-state index is 13.1. The van der Waals surface area contributed by atoms with Gasteiger partial charge in [-0.05, 0) is 30.5 Å². The predicted octanol–water partition coefficient (Wildman–Crippen LogP) is 2.41. The van der Waals surface area contributed by atoms with Crippen molar-refractivity contribution < 1.29 is 9.59 Å². The van der Waals surface area contributed by atoms with Crippen molar-refractivity contribution in [3.8, 4) is 0 Å². The molecule has 0 N–H and O–H groups in total. The molecule has 2 aliphatic heterocycles. The number of hydrogen-bond donors (Lipinski definition) is 0. The van der Waals surface area contributed by atoms with E-state index in [2.05, 4.69) is 47.1 Å². The summed E-state index contributed by atoms with van der Waals surface area (Å²) in [7, 11) is 0. The Morgan fingerprint density at radius 3 is 2.06 bits per heavy atom. The van der Waals surface area contributed by atoms with E-state index < -0.39 is 0 Å². The summed E-state index contributed by atoms with van der Waals surface area (Å²) in [6.07, 6.45) is 0.453. The summed E-state index contributed by atoms with van der Waals surface area (Å²) >= 11 is 0. The minimum Gasteiger partial charge on any atom is -0.340 e. The zero-order chi connectivity index (χ0) is 23.2. The van der Waals surface area contributed by atoms with E-state index in [0.717, 1.165) is 56.9 Å². The van der Waals surface area contributed by atoms with Crippen LogP contribution in [-0.4, -0.2) is 89.8 Å². The zero-order valence-electron chi connectivity index (χ0n) is 19.9. The summed E-state index contributed by atoms with van der Waals surface area (Å²) in [4.78, 5) is 34.5. The summed E-state index contributed by atoms with van der Waals surface area (Å²) < 4.78 is 0. The van der Waals surface area contributed by atoms with Crippen molar-refractivity contribution in [2.75, 3.05) is 52.4 Å². The summed E-state index contributed by atoms with van der Waals surface area (Å²) in [5.41, 5.74) is 3.58. The predicted molar refractivity (Wildman–Crippen MR) is 131 cm³/mol. The number of amides is 2. The van der Waals surface area contributed by atoms with Gasteiger partial charge >= 0.3 is 0 Å². The van der Waals surface area contributed by atoms with Crippen molar-refractivity contribution in [3.63, 3.8) is 0 Å². The van der Waals surface area contributed by atoms with E-state index in [1.165, 1.54) is 5.56 Å². The third-order valence-corrected chi connectivity index (χ3v) is 7.11. The molecule has 1 atom stereocenters. The van der Waals surface area contributed by atoms with Crippen molar-refractivity contribution in [2.45, 2.75) is 32.9 Å². The van der Waals surface area contributed by atoms with E-state index in [9.17, 15) is 9.59 Å². The van der Waals surface area contributed by atoms with E-state index in [0.29, 0.717) is 19.5 Å². The van der Waals surface area contributed by atoms with Crippen molar-refractivity contribution in [1.82, 2.24) is 19.6 Å². The molecule has 2 amide bonds. The molecule has 4 rings (SSSR count). The Hall–Kier alpha value is -2.70. The second kappa shape index (κ2) is 10.9. The van der Waals surface area contributed by atoms with E-state index in [4.69, 9.17) is 0 Å². The molecule has 176 valence electrons. The maximum Gasteiger partial charge on any atom is 0.239 e. The summed E-state index contributed by atoms with van der Waals surface area (Å²) in [6.45, 7) is 11.3. The average molecular weight is 449 g/mol. The van der Waals surface area contributed by atoms with Crippen molar-refractivity contribution in [2.24, 2.45) is 0 Å². The Balaban J connectivity index is 1.21. The molecule has 6 nitrogen and oxygen atoms in total. The highest BCUT2D eigenvalue weighted by atomic mass is 16.2. The minimum atomic E-state index is -0.140. The maximum atomic E-state index is 13.1. The Labute approximate surface area is 197 Å². The third kappa shape index (κ3) is 6.01. The first-order valence-electron chi connectivity index (χ1n) is 12.1. The molecule has 2 saturated heterocycles. The quantitative estimate of drug-likeness (QED) is 0.681. The number of carbonyl (C=O) groups excluding carboxylic acids is 2. The van der Waals surface area contributed by atoms with Crippen LogP contribution < -0.4 is 0 Å². The highest BCUT2D eigenvalue weighted by Gasteiger charge is 2.31. The van der Waals surface area contributed by atoms with Gasteiger partial charge in [0.05, 0.1) is 12.5 Å². The van der Waals surface area contributed by atoms with Gasteiger partial charge in [0.1, 0.15) is 0 Å². The van der Waals surface area contributed by atoms with Gasteiger partial charge in [0.2, 0.25) is 11.8 Å². The number of hydrogen-bond acceptors (Lipinski definition) is 4. The van der Waals surface area contributed by atoms with Crippen LogP contribution in [0.1, 0.15) is 23.6 Å². The van der Waals surface area contributed by atoms with Gasteiger partial charge in [0.15, 0.2) is 0 Å². The molecule has 2 aliphatic rings. The molecule has 2 aromatic rings. The lowest BCUT2D eigenvalue weighted by atomic mass is 10.0. The van der Waals surface area contributed by atoms with Crippen molar-refractivity contribution in [1.29, 1.82) is 0 Å². The second-order valence-corrected chi connectivity index (χ2v) is 9.28. The molecule has 6 heteroatoms. The molecule has 1 unspecified atom stereocenters. The molecule has 33 heavy (non-hydrogen) atoms. The minimum absolute atomic E-state index is 0.140. The number of carbonyl (C=O) groups is 2. The van der Waals surface area contributed by atoms with Gasteiger partial charge in [-0.2, -0.15) is 0 Å². The van der Waals surface area contributed by atoms with E-state index in [1.54, 1.807) is 0 Å². The van der Waals surface area contributed by atoms with Crippen LogP contribution in [0.4, 0.5) is 0 Å². The lowest BCUT2D eigenvalue weighted by molar-refractivity contribution is -0.140. The Morgan fingerprint density at radius 1 is 0.788 bits per heavy atom. The molecular weight excluding hydrogens is 412 g/mol. The number of aryl methyl sites for hydroxylation is 1. The molecule has 0 saturated carbocycles. The van der Waals surface area contributed by atoms with Crippen LogP contribution in [0.25, 0.3) is 0 Å². The van der Waals surface area contributed by atoms with Crippen molar-refractivity contribution in [3.05, 3.63) is 71.3 Å². The van der Waals surface area contributed by atoms with Gasteiger partial charge < -0.3 is 9.80 Å². The fourth-order valence-electron chi connectivity index (χ4n) is 4.83. The lowest BCUT2D eigenvalue weighted by Crippen LogP contribution is -2.58. The van der Waals surface area contributed by atoms with Gasteiger partial charge in [0.25, 0.3) is 0 Å². The second-order valence-electron chi connectivity index (χ2n) is 9.28. The number of piperazine rings is 2. The molecular formula is C27H36N4O2. The Morgan fingerprint density at radius 2 is 1.39 bits per heavy atom. The molecule has 2 fully saturated rings. The fraction of sp³-hybridized carbons (Fsp3) is 0.481. The van der Waals surface area contributed by atoms with Gasteiger partial charge in [0, 0.05) is 58.9 Å². The Bertz CT molecular complexity index is 932. The zero-order valence-corrected chi connectivity index (χ0v) is 19.9. The van der Waals surface area contributed by atoms with E-state index >= 15 is 0 Å². The first kappa shape index (κ1) is 23.5. The molecule has 0 radical (unpaired) electrons. The van der Waals surface area contributed by atoms with Gasteiger partial charge in [-0.3, -0.25) is 19.4 Å². The van der Waals surface area contributed by atoms with Crippen LogP contribution in [-0.2, 0) is 22.6 Å². The van der Waals surface area contributed by atoms with Crippen molar-refractivity contribution >= 4 is 11.8 Å². The van der Waals surface area contributed by atoms with Crippen LogP contribution in [0.5, 0.6) is 0 Å². The molecule has 0 bridgehead atoms. The van der Waals surface area contributed by atoms with Crippen LogP contribution in [0.15, 0.2) is 54.6 Å². The average Bonchev–Trinajstić information content (AvgIpc) is 2.86. The molecule has 0 aromatic heterocycles.